The lowest BCUT2D eigenvalue weighted by molar-refractivity contribution is 0.160. The monoisotopic (exact) mass is 501 g/mol. The van der Waals surface area contributed by atoms with Gasteiger partial charge in [0.2, 0.25) is 11.8 Å². The minimum atomic E-state index is -3.57. The predicted octanol–water partition coefficient (Wildman–Crippen LogP) is 3.35. The molecule has 0 atom stereocenters. The van der Waals surface area contributed by atoms with Crippen LogP contribution in [-0.4, -0.2) is 54.0 Å². The third kappa shape index (κ3) is 5.51. The lowest BCUT2D eigenvalue weighted by atomic mass is 10.1. The van der Waals surface area contributed by atoms with Gasteiger partial charge >= 0.3 is 6.01 Å². The van der Waals surface area contributed by atoms with Gasteiger partial charge in [-0.3, -0.25) is 0 Å². The Morgan fingerprint density at radius 1 is 1.23 bits per heavy atom. The Bertz CT molecular complexity index is 1360. The lowest BCUT2D eigenvalue weighted by Crippen LogP contribution is -2.38. The van der Waals surface area contributed by atoms with Gasteiger partial charge in [0.25, 0.3) is 0 Å². The van der Waals surface area contributed by atoms with Gasteiger partial charge in [-0.15, -0.1) is 6.42 Å². The number of benzene rings is 1. The molecule has 0 amide bonds. The number of aromatic nitrogens is 4. The van der Waals surface area contributed by atoms with Gasteiger partial charge in [-0.2, -0.15) is 4.98 Å². The fourth-order valence-electron chi connectivity index (χ4n) is 3.46. The van der Waals surface area contributed by atoms with Crippen LogP contribution >= 0.6 is 0 Å². The fourth-order valence-corrected chi connectivity index (χ4v) is 4.09. The molecule has 4 rings (SSSR count). The van der Waals surface area contributed by atoms with Crippen LogP contribution in [0.15, 0.2) is 33.9 Å². The largest absolute Gasteiger partial charge is 0.473 e. The highest BCUT2D eigenvalue weighted by atomic mass is 32.2. The van der Waals surface area contributed by atoms with E-state index in [0.29, 0.717) is 37.8 Å². The Balaban J connectivity index is 1.45. The van der Waals surface area contributed by atoms with E-state index < -0.39 is 15.7 Å². The van der Waals surface area contributed by atoms with E-state index in [-0.39, 0.29) is 40.0 Å². The van der Waals surface area contributed by atoms with Crippen LogP contribution < -0.4 is 14.4 Å². The van der Waals surface area contributed by atoms with Crippen molar-refractivity contribution in [2.75, 3.05) is 24.2 Å². The molecule has 1 aliphatic heterocycles. The molecule has 0 bridgehead atoms. The van der Waals surface area contributed by atoms with Crippen molar-refractivity contribution in [1.29, 1.82) is 0 Å². The maximum absolute atomic E-state index is 14.5. The van der Waals surface area contributed by atoms with E-state index >= 15 is 0 Å². The summed E-state index contributed by atoms with van der Waals surface area (Å²) >= 11 is 0. The maximum Gasteiger partial charge on any atom is 0.324 e. The summed E-state index contributed by atoms with van der Waals surface area (Å²) < 4.78 is 54.7. The molecule has 0 unspecified atom stereocenters. The number of piperidine rings is 1. The zero-order valence-corrected chi connectivity index (χ0v) is 20.2. The van der Waals surface area contributed by atoms with E-state index in [1.54, 1.807) is 0 Å². The summed E-state index contributed by atoms with van der Waals surface area (Å²) in [6.45, 7) is 5.28. The van der Waals surface area contributed by atoms with Crippen molar-refractivity contribution in [3.05, 3.63) is 41.7 Å². The molecule has 10 nitrogen and oxygen atoms in total. The molecule has 1 aliphatic rings. The molecule has 3 heterocycles. The highest BCUT2D eigenvalue weighted by Crippen LogP contribution is 2.31. The Labute approximate surface area is 202 Å². The van der Waals surface area contributed by atoms with Gasteiger partial charge in [0, 0.05) is 38.1 Å². The van der Waals surface area contributed by atoms with Crippen molar-refractivity contribution in [2.45, 2.75) is 43.6 Å². The summed E-state index contributed by atoms with van der Waals surface area (Å²) in [5, 5.41) is 4.00. The average Bonchev–Trinajstić information content (AvgIpc) is 3.31. The standard InChI is InChI=1S/C23H24FN5O5S/c1-5-17-21(32-15-8-10-29(11-9-15)23-27-20(14(2)3)28-34-23)25-13-26-22(17)33-19-7-6-16(12-18(19)24)35(4,30)31/h1,6-7,12-15H,8-11H2,2-4H3. The third-order valence-electron chi connectivity index (χ3n) is 5.40. The molecule has 1 fully saturated rings. The van der Waals surface area contributed by atoms with Crippen LogP contribution in [0.2, 0.25) is 0 Å². The first kappa shape index (κ1) is 24.4. The first-order valence-electron chi connectivity index (χ1n) is 10.9. The smallest absolute Gasteiger partial charge is 0.324 e. The van der Waals surface area contributed by atoms with Crippen LogP contribution in [0.25, 0.3) is 0 Å². The molecule has 3 aromatic rings. The Morgan fingerprint density at radius 2 is 1.94 bits per heavy atom. The number of rotatable bonds is 7. The molecule has 184 valence electrons. The zero-order chi connectivity index (χ0) is 25.2. The van der Waals surface area contributed by atoms with Gasteiger partial charge in [0.05, 0.1) is 4.90 Å². The van der Waals surface area contributed by atoms with E-state index in [2.05, 4.69) is 26.0 Å². The lowest BCUT2D eigenvalue weighted by Gasteiger charge is -2.30. The second-order valence-electron chi connectivity index (χ2n) is 8.36. The van der Waals surface area contributed by atoms with Crippen LogP contribution in [0.4, 0.5) is 10.4 Å². The summed E-state index contributed by atoms with van der Waals surface area (Å²) in [5.74, 6) is 2.24. The Kier molecular flexibility index (Phi) is 6.88. The van der Waals surface area contributed by atoms with E-state index in [0.717, 1.165) is 12.3 Å². The second-order valence-corrected chi connectivity index (χ2v) is 10.4. The van der Waals surface area contributed by atoms with Crippen molar-refractivity contribution in [3.8, 4) is 29.9 Å². The maximum atomic E-state index is 14.5. The number of ether oxygens (including phenoxy) is 2. The highest BCUT2D eigenvalue weighted by Gasteiger charge is 2.26. The van der Waals surface area contributed by atoms with Crippen LogP contribution in [-0.2, 0) is 9.84 Å². The fraction of sp³-hybridized carbons (Fsp3) is 0.391. The molecule has 12 heteroatoms. The molecule has 0 aliphatic carbocycles. The third-order valence-corrected chi connectivity index (χ3v) is 6.51. The SMILES string of the molecule is C#Cc1c(Oc2ccc(S(C)(=O)=O)cc2F)ncnc1OC1CCN(c2nc(C(C)C)no2)CC1. The van der Waals surface area contributed by atoms with E-state index in [1.807, 2.05) is 18.7 Å². The van der Waals surface area contributed by atoms with Gasteiger partial charge in [-0.1, -0.05) is 24.9 Å². The van der Waals surface area contributed by atoms with Crippen LogP contribution in [0, 0.1) is 18.2 Å². The second kappa shape index (κ2) is 9.87. The summed E-state index contributed by atoms with van der Waals surface area (Å²) in [6, 6.07) is 3.80. The van der Waals surface area contributed by atoms with Gasteiger partial charge in [-0.25, -0.2) is 22.8 Å². The predicted molar refractivity (Wildman–Crippen MR) is 124 cm³/mol. The molecular formula is C23H24FN5O5S. The summed E-state index contributed by atoms with van der Waals surface area (Å²) in [5.41, 5.74) is 0.125. The minimum absolute atomic E-state index is 0.0759. The van der Waals surface area contributed by atoms with Crippen LogP contribution in [0.1, 0.15) is 44.0 Å². The average molecular weight is 502 g/mol. The van der Waals surface area contributed by atoms with Crippen LogP contribution in [0.3, 0.4) is 0 Å². The van der Waals surface area contributed by atoms with Gasteiger partial charge in [-0.05, 0) is 18.2 Å². The van der Waals surface area contributed by atoms with E-state index in [4.69, 9.17) is 20.4 Å². The number of terminal acetylenes is 1. The van der Waals surface area contributed by atoms with E-state index in [1.165, 1.54) is 18.5 Å². The summed E-state index contributed by atoms with van der Waals surface area (Å²) in [6.07, 6.45) is 8.98. The molecule has 0 saturated carbocycles. The number of halogens is 1. The molecule has 1 aromatic carbocycles. The number of hydrogen-bond acceptors (Lipinski definition) is 10. The van der Waals surface area contributed by atoms with Gasteiger partial charge < -0.3 is 18.9 Å². The zero-order valence-electron chi connectivity index (χ0n) is 19.4. The van der Waals surface area contributed by atoms with Crippen LogP contribution in [0.5, 0.6) is 17.5 Å². The number of hydrogen-bond donors (Lipinski definition) is 0. The van der Waals surface area contributed by atoms with Crippen molar-refractivity contribution < 1.29 is 26.8 Å². The quantitative estimate of drug-likeness (QED) is 0.446. The number of sulfone groups is 1. The van der Waals surface area contributed by atoms with Crippen molar-refractivity contribution in [2.24, 2.45) is 0 Å². The molecule has 35 heavy (non-hydrogen) atoms. The Hall–Kier alpha value is -3.72. The molecule has 2 aromatic heterocycles. The van der Waals surface area contributed by atoms with Crippen molar-refractivity contribution in [1.82, 2.24) is 20.1 Å². The topological polar surface area (TPSA) is 121 Å². The molecule has 0 radical (unpaired) electrons. The first-order valence-corrected chi connectivity index (χ1v) is 12.8. The van der Waals surface area contributed by atoms with Crippen molar-refractivity contribution in [3.63, 3.8) is 0 Å². The van der Waals surface area contributed by atoms with Gasteiger partial charge in [0.15, 0.2) is 27.2 Å². The van der Waals surface area contributed by atoms with Gasteiger partial charge in [0.1, 0.15) is 18.0 Å². The first-order chi connectivity index (χ1) is 16.7. The number of nitrogens with zero attached hydrogens (tertiary/aromatic N) is 5. The molecular weight excluding hydrogens is 477 g/mol. The Morgan fingerprint density at radius 3 is 2.54 bits per heavy atom. The highest BCUT2D eigenvalue weighted by molar-refractivity contribution is 7.90. The number of anilines is 1. The summed E-state index contributed by atoms with van der Waals surface area (Å²) in [4.78, 5) is 14.4. The summed E-state index contributed by atoms with van der Waals surface area (Å²) in [7, 11) is -3.57. The van der Waals surface area contributed by atoms with E-state index in [9.17, 15) is 12.8 Å². The molecule has 0 N–H and O–H groups in total. The minimum Gasteiger partial charge on any atom is -0.473 e. The molecule has 1 saturated heterocycles. The van der Waals surface area contributed by atoms with Crippen molar-refractivity contribution >= 4 is 15.9 Å². The normalized spacial score (nSPS) is 14.7. The molecule has 0 spiro atoms.